The Morgan fingerprint density at radius 3 is 2.56 bits per heavy atom. The van der Waals surface area contributed by atoms with Gasteiger partial charge in [0.15, 0.2) is 5.78 Å². The number of hydrogen-bond donors (Lipinski definition) is 1. The van der Waals surface area contributed by atoms with Gasteiger partial charge < -0.3 is 14.5 Å². The molecule has 158 valence electrons. The van der Waals surface area contributed by atoms with E-state index in [2.05, 4.69) is 16.0 Å². The molecule has 0 spiro atoms. The number of rotatable bonds is 8. The number of fused-ring (bicyclic) bond motifs is 1. The minimum absolute atomic E-state index is 0.0321. The first-order valence-corrected chi connectivity index (χ1v) is 10.1. The van der Waals surface area contributed by atoms with E-state index in [1.807, 2.05) is 60.7 Å². The molecule has 0 saturated heterocycles. The molecule has 6 nitrogen and oxygen atoms in total. The van der Waals surface area contributed by atoms with Crippen molar-refractivity contribution in [3.8, 4) is 17.6 Å². The fourth-order valence-electron chi connectivity index (χ4n) is 3.34. The summed E-state index contributed by atoms with van der Waals surface area (Å²) in [4.78, 5) is 19.9. The van der Waals surface area contributed by atoms with E-state index < -0.39 is 0 Å². The summed E-state index contributed by atoms with van der Waals surface area (Å²) in [6, 6.07) is 24.5. The Balaban J connectivity index is 1.40. The maximum Gasteiger partial charge on any atom is 0.174 e. The van der Waals surface area contributed by atoms with E-state index >= 15 is 0 Å². The monoisotopic (exact) mass is 423 g/mol. The van der Waals surface area contributed by atoms with Gasteiger partial charge in [-0.05, 0) is 42.0 Å². The van der Waals surface area contributed by atoms with Crippen molar-refractivity contribution < 1.29 is 14.3 Å². The third kappa shape index (κ3) is 4.85. The quantitative estimate of drug-likeness (QED) is 0.410. The van der Waals surface area contributed by atoms with Gasteiger partial charge in [0.25, 0.3) is 0 Å². The highest BCUT2D eigenvalue weighted by Gasteiger charge is 2.10. The van der Waals surface area contributed by atoms with Crippen molar-refractivity contribution in [3.63, 3.8) is 0 Å². The Morgan fingerprint density at radius 2 is 1.81 bits per heavy atom. The number of Topliss-reactive ketones (excluding diaryl/α,β-unsaturated/α-hetero) is 1. The summed E-state index contributed by atoms with van der Waals surface area (Å²) in [6.07, 6.45) is 2.00. The summed E-state index contributed by atoms with van der Waals surface area (Å²) in [5.74, 6) is 1.75. The second-order valence-electron chi connectivity index (χ2n) is 7.16. The number of ketones is 1. The number of H-pyrrole nitrogens is 1. The lowest BCUT2D eigenvalue weighted by molar-refractivity contribution is -0.120. The average Bonchev–Trinajstić information content (AvgIpc) is 3.26. The molecule has 0 unspecified atom stereocenters. The van der Waals surface area contributed by atoms with Crippen molar-refractivity contribution in [1.29, 1.82) is 5.26 Å². The van der Waals surface area contributed by atoms with Crippen LogP contribution < -0.4 is 9.47 Å². The Morgan fingerprint density at radius 1 is 1.06 bits per heavy atom. The van der Waals surface area contributed by atoms with Crippen molar-refractivity contribution in [2.75, 3.05) is 13.7 Å². The fraction of sp³-hybridized carbons (Fsp3) is 0.115. The smallest absolute Gasteiger partial charge is 0.174 e. The number of hydrogen-bond acceptors (Lipinski definition) is 5. The lowest BCUT2D eigenvalue weighted by Crippen LogP contribution is -2.14. The standard InChI is InChI=1S/C26H21N3O3/c1-31-25-9-5-2-6-19(25)15-21(30)17-32-22-12-10-18(11-13-22)14-20(16-27)26-28-23-7-3-4-8-24(23)29-26/h2-14H,15,17H2,1H3,(H,28,29)/b20-14-. The average molecular weight is 423 g/mol. The molecule has 1 heterocycles. The molecule has 0 radical (unpaired) electrons. The molecule has 3 aromatic carbocycles. The SMILES string of the molecule is COc1ccccc1CC(=O)COc1ccc(/C=C(/C#N)c2nc3ccccc3[nH]2)cc1. The molecule has 0 aliphatic carbocycles. The van der Waals surface area contributed by atoms with Crippen molar-refractivity contribution in [2.24, 2.45) is 0 Å². The zero-order valence-corrected chi connectivity index (χ0v) is 17.5. The summed E-state index contributed by atoms with van der Waals surface area (Å²) in [5, 5.41) is 9.57. The Hall–Kier alpha value is -4.37. The van der Waals surface area contributed by atoms with Crippen LogP contribution >= 0.6 is 0 Å². The molecule has 0 fully saturated rings. The van der Waals surface area contributed by atoms with Gasteiger partial charge in [-0.1, -0.05) is 42.5 Å². The molecule has 4 aromatic rings. The van der Waals surface area contributed by atoms with Crippen LogP contribution in [0.25, 0.3) is 22.7 Å². The molecule has 1 N–H and O–H groups in total. The van der Waals surface area contributed by atoms with Gasteiger partial charge in [0.1, 0.15) is 30.0 Å². The van der Waals surface area contributed by atoms with Crippen LogP contribution in [0.1, 0.15) is 17.0 Å². The van der Waals surface area contributed by atoms with Gasteiger partial charge >= 0.3 is 0 Å². The molecule has 0 atom stereocenters. The van der Waals surface area contributed by atoms with E-state index in [9.17, 15) is 10.1 Å². The second kappa shape index (κ2) is 9.63. The van der Waals surface area contributed by atoms with Crippen LogP contribution in [0.15, 0.2) is 72.8 Å². The summed E-state index contributed by atoms with van der Waals surface area (Å²) < 4.78 is 10.9. The largest absolute Gasteiger partial charge is 0.496 e. The lowest BCUT2D eigenvalue weighted by atomic mass is 10.1. The molecule has 32 heavy (non-hydrogen) atoms. The number of methoxy groups -OCH3 is 1. The number of nitrogens with zero attached hydrogens (tertiary/aromatic N) is 2. The molecule has 6 heteroatoms. The third-order valence-corrected chi connectivity index (χ3v) is 4.94. The summed E-state index contributed by atoms with van der Waals surface area (Å²) in [5.41, 5.74) is 3.78. The fourth-order valence-corrected chi connectivity index (χ4v) is 3.34. The maximum absolute atomic E-state index is 12.3. The number of carbonyl (C=O) groups is 1. The van der Waals surface area contributed by atoms with Crippen LogP contribution in [0.5, 0.6) is 11.5 Å². The first-order chi connectivity index (χ1) is 15.7. The summed E-state index contributed by atoms with van der Waals surface area (Å²) >= 11 is 0. The first-order valence-electron chi connectivity index (χ1n) is 10.1. The van der Waals surface area contributed by atoms with Crippen LogP contribution in [-0.4, -0.2) is 29.5 Å². The van der Waals surface area contributed by atoms with E-state index in [0.29, 0.717) is 22.9 Å². The van der Waals surface area contributed by atoms with Crippen molar-refractivity contribution in [3.05, 3.63) is 89.7 Å². The van der Waals surface area contributed by atoms with Gasteiger partial charge in [0, 0.05) is 12.0 Å². The molecule has 0 bridgehead atoms. The number of imidazole rings is 1. The number of nitriles is 1. The number of benzene rings is 3. The van der Waals surface area contributed by atoms with E-state index in [4.69, 9.17) is 9.47 Å². The van der Waals surface area contributed by atoms with Gasteiger partial charge in [-0.3, -0.25) is 4.79 Å². The minimum Gasteiger partial charge on any atom is -0.496 e. The Kier molecular flexibility index (Phi) is 6.28. The number of nitrogens with one attached hydrogen (secondary N) is 1. The van der Waals surface area contributed by atoms with Gasteiger partial charge in [0.05, 0.1) is 23.7 Å². The highest BCUT2D eigenvalue weighted by atomic mass is 16.5. The maximum atomic E-state index is 12.3. The highest BCUT2D eigenvalue weighted by Crippen LogP contribution is 2.21. The molecule has 0 aliphatic rings. The molecule has 0 amide bonds. The second-order valence-corrected chi connectivity index (χ2v) is 7.16. The van der Waals surface area contributed by atoms with Gasteiger partial charge in [0.2, 0.25) is 0 Å². The molecule has 0 saturated carbocycles. The number of aromatic amines is 1. The lowest BCUT2D eigenvalue weighted by Gasteiger charge is -2.09. The molecule has 1 aromatic heterocycles. The van der Waals surface area contributed by atoms with Crippen molar-refractivity contribution in [1.82, 2.24) is 9.97 Å². The number of aromatic nitrogens is 2. The van der Waals surface area contributed by atoms with E-state index in [-0.39, 0.29) is 18.8 Å². The van der Waals surface area contributed by atoms with Crippen LogP contribution in [0.2, 0.25) is 0 Å². The number of allylic oxidation sites excluding steroid dienone is 1. The van der Waals surface area contributed by atoms with Gasteiger partial charge in [-0.15, -0.1) is 0 Å². The topological polar surface area (TPSA) is 88.0 Å². The first kappa shape index (κ1) is 20.9. The molecular formula is C26H21N3O3. The predicted molar refractivity (Wildman–Crippen MR) is 123 cm³/mol. The third-order valence-electron chi connectivity index (χ3n) is 4.94. The highest BCUT2D eigenvalue weighted by molar-refractivity contribution is 5.90. The minimum atomic E-state index is -0.0462. The normalized spacial score (nSPS) is 11.2. The Bertz CT molecular complexity index is 1280. The van der Waals surface area contributed by atoms with E-state index in [1.54, 1.807) is 25.3 Å². The van der Waals surface area contributed by atoms with Gasteiger partial charge in [-0.2, -0.15) is 5.26 Å². The Labute approximate surface area is 185 Å². The number of para-hydroxylation sites is 3. The molecule has 0 aliphatic heterocycles. The van der Waals surface area contributed by atoms with Crippen LogP contribution in [-0.2, 0) is 11.2 Å². The molecular weight excluding hydrogens is 402 g/mol. The van der Waals surface area contributed by atoms with Crippen molar-refractivity contribution >= 4 is 28.5 Å². The van der Waals surface area contributed by atoms with Crippen LogP contribution in [0.3, 0.4) is 0 Å². The number of carbonyl (C=O) groups excluding carboxylic acids is 1. The van der Waals surface area contributed by atoms with Gasteiger partial charge in [-0.25, -0.2) is 4.98 Å². The summed E-state index contributed by atoms with van der Waals surface area (Å²) in [6.45, 7) is -0.0321. The predicted octanol–water partition coefficient (Wildman–Crippen LogP) is 4.83. The zero-order valence-electron chi connectivity index (χ0n) is 17.5. The zero-order chi connectivity index (χ0) is 22.3. The summed E-state index contributed by atoms with van der Waals surface area (Å²) in [7, 11) is 1.59. The molecule has 4 rings (SSSR count). The van der Waals surface area contributed by atoms with Crippen molar-refractivity contribution in [2.45, 2.75) is 6.42 Å². The van der Waals surface area contributed by atoms with E-state index in [1.165, 1.54) is 0 Å². The van der Waals surface area contributed by atoms with Crippen LogP contribution in [0.4, 0.5) is 0 Å². The van der Waals surface area contributed by atoms with E-state index in [0.717, 1.165) is 22.2 Å². The number of ether oxygens (including phenoxy) is 2. The van der Waals surface area contributed by atoms with Crippen LogP contribution in [0, 0.1) is 11.3 Å².